The minimum atomic E-state index is -0.486. The third-order valence-electron chi connectivity index (χ3n) is 7.44. The van der Waals surface area contributed by atoms with Gasteiger partial charge in [0, 0.05) is 30.3 Å². The monoisotopic (exact) mass is 526 g/mol. The van der Waals surface area contributed by atoms with Crippen LogP contribution in [0.3, 0.4) is 0 Å². The van der Waals surface area contributed by atoms with E-state index in [0.29, 0.717) is 29.2 Å². The summed E-state index contributed by atoms with van der Waals surface area (Å²) in [6, 6.07) is 22.4. The minimum Gasteiger partial charge on any atom is -0.465 e. The average Bonchev–Trinajstić information content (AvgIpc) is 3.69. The lowest BCUT2D eigenvalue weighted by Gasteiger charge is -2.18. The van der Waals surface area contributed by atoms with Gasteiger partial charge in [0.15, 0.2) is 5.76 Å². The number of aromatic nitrogens is 1. The molecule has 0 aliphatic heterocycles. The third kappa shape index (κ3) is 5.35. The van der Waals surface area contributed by atoms with Gasteiger partial charge in [-0.3, -0.25) is 9.59 Å². The van der Waals surface area contributed by atoms with Crippen molar-refractivity contribution in [2.75, 3.05) is 13.7 Å². The van der Waals surface area contributed by atoms with Gasteiger partial charge in [0.25, 0.3) is 0 Å². The Bertz CT molecular complexity index is 1490. The zero-order chi connectivity index (χ0) is 27.6. The molecule has 0 saturated heterocycles. The van der Waals surface area contributed by atoms with Crippen molar-refractivity contribution in [3.8, 4) is 22.5 Å². The Morgan fingerprint density at radius 3 is 2.21 bits per heavy atom. The highest BCUT2D eigenvalue weighted by molar-refractivity contribution is 5.87. The molecule has 0 spiro atoms. The Hall–Kier alpha value is -4.26. The first kappa shape index (κ1) is 26.4. The van der Waals surface area contributed by atoms with Crippen molar-refractivity contribution in [1.29, 1.82) is 0 Å². The molecule has 0 atom stereocenters. The predicted molar refractivity (Wildman–Crippen MR) is 146 cm³/mol. The summed E-state index contributed by atoms with van der Waals surface area (Å²) < 4.78 is 25.0. The maximum Gasteiger partial charge on any atom is 0.316 e. The van der Waals surface area contributed by atoms with E-state index in [2.05, 4.69) is 5.16 Å². The molecule has 1 amide bonds. The smallest absolute Gasteiger partial charge is 0.316 e. The van der Waals surface area contributed by atoms with Crippen molar-refractivity contribution in [2.24, 2.45) is 0 Å². The number of likely N-dealkylation sites (N-methyl/N-ethyl adjacent to an activating group) is 1. The van der Waals surface area contributed by atoms with Gasteiger partial charge in [0.2, 0.25) is 5.91 Å². The Balaban J connectivity index is 1.30. The molecule has 0 N–H and O–H groups in total. The molecule has 1 saturated carbocycles. The molecule has 39 heavy (non-hydrogen) atoms. The van der Waals surface area contributed by atoms with Crippen LogP contribution in [0.2, 0.25) is 0 Å². The Morgan fingerprint density at radius 2 is 1.59 bits per heavy atom. The number of benzene rings is 3. The molecule has 4 aromatic rings. The zero-order valence-corrected chi connectivity index (χ0v) is 22.4. The van der Waals surface area contributed by atoms with Crippen LogP contribution >= 0.6 is 0 Å². The second kappa shape index (κ2) is 10.8. The predicted octanol–water partition coefficient (Wildman–Crippen LogP) is 6.25. The van der Waals surface area contributed by atoms with Gasteiger partial charge in [0.1, 0.15) is 5.82 Å². The summed E-state index contributed by atoms with van der Waals surface area (Å²) in [5, 5.41) is 4.11. The van der Waals surface area contributed by atoms with E-state index >= 15 is 0 Å². The lowest BCUT2D eigenvalue weighted by Crippen LogP contribution is -2.28. The maximum atomic E-state index is 14.0. The molecule has 5 rings (SSSR count). The Morgan fingerprint density at radius 1 is 0.974 bits per heavy atom. The summed E-state index contributed by atoms with van der Waals surface area (Å²) in [4.78, 5) is 26.9. The number of rotatable bonds is 9. The second-order valence-electron chi connectivity index (χ2n) is 10.1. The molecular formula is C32H31FN2O4. The lowest BCUT2D eigenvalue weighted by atomic mass is 9.93. The zero-order valence-electron chi connectivity index (χ0n) is 22.4. The van der Waals surface area contributed by atoms with Crippen molar-refractivity contribution in [1.82, 2.24) is 10.1 Å². The van der Waals surface area contributed by atoms with Crippen molar-refractivity contribution in [3.05, 3.63) is 101 Å². The fraction of sp³-hybridized carbons (Fsp3) is 0.281. The SMILES string of the molecule is CCOC(=O)C1(c2ccc(-c3ccc(-c4onc(C)c4CC(=O)N(C)Cc4ccccc4F)cc3)cc2)CC1. The Labute approximate surface area is 227 Å². The lowest BCUT2D eigenvalue weighted by molar-refractivity contribution is -0.146. The molecule has 0 bridgehead atoms. The topological polar surface area (TPSA) is 72.6 Å². The number of carbonyl (C=O) groups is 2. The standard InChI is InChI=1S/C32H31FN2O4/c1-4-38-31(37)32(17-18-32)26-15-13-23(14-16-26)22-9-11-24(12-10-22)30-27(21(2)34-39-30)19-29(36)35(3)20-25-7-5-6-8-28(25)33/h5-16H,4,17-20H2,1-3H3. The summed E-state index contributed by atoms with van der Waals surface area (Å²) in [7, 11) is 1.66. The van der Waals surface area contributed by atoms with Crippen LogP contribution in [0, 0.1) is 12.7 Å². The molecule has 0 unspecified atom stereocenters. The van der Waals surface area contributed by atoms with Crippen LogP contribution in [0.4, 0.5) is 4.39 Å². The molecule has 7 heteroatoms. The number of aryl methyl sites for hydroxylation is 1. The highest BCUT2D eigenvalue weighted by Gasteiger charge is 2.52. The average molecular weight is 527 g/mol. The van der Waals surface area contributed by atoms with Crippen LogP contribution < -0.4 is 0 Å². The first-order valence-electron chi connectivity index (χ1n) is 13.1. The van der Waals surface area contributed by atoms with Gasteiger partial charge in [0.05, 0.1) is 24.1 Å². The van der Waals surface area contributed by atoms with Gasteiger partial charge in [-0.05, 0) is 49.4 Å². The molecule has 1 aliphatic rings. The van der Waals surface area contributed by atoms with Crippen LogP contribution in [0.25, 0.3) is 22.5 Å². The summed E-state index contributed by atoms with van der Waals surface area (Å²) in [5.74, 6) is -0.0807. The fourth-order valence-electron chi connectivity index (χ4n) is 4.88. The molecule has 0 radical (unpaired) electrons. The van der Waals surface area contributed by atoms with Crippen LogP contribution in [-0.4, -0.2) is 35.6 Å². The molecule has 3 aromatic carbocycles. The van der Waals surface area contributed by atoms with E-state index in [1.165, 1.54) is 11.0 Å². The number of ether oxygens (including phenoxy) is 1. The van der Waals surface area contributed by atoms with E-state index in [1.54, 1.807) is 25.2 Å². The van der Waals surface area contributed by atoms with E-state index in [4.69, 9.17) is 9.26 Å². The van der Waals surface area contributed by atoms with Gasteiger partial charge in [-0.2, -0.15) is 0 Å². The number of carbonyl (C=O) groups excluding carboxylic acids is 2. The highest BCUT2D eigenvalue weighted by atomic mass is 19.1. The first-order valence-corrected chi connectivity index (χ1v) is 13.1. The van der Waals surface area contributed by atoms with E-state index in [9.17, 15) is 14.0 Å². The second-order valence-corrected chi connectivity index (χ2v) is 10.1. The molecule has 1 aromatic heterocycles. The number of nitrogens with zero attached hydrogens (tertiary/aromatic N) is 2. The number of amides is 1. The van der Waals surface area contributed by atoms with E-state index in [-0.39, 0.29) is 30.7 Å². The van der Waals surface area contributed by atoms with Crippen LogP contribution in [0.5, 0.6) is 0 Å². The number of hydrogen-bond donors (Lipinski definition) is 0. The summed E-state index contributed by atoms with van der Waals surface area (Å²) in [5.41, 5.74) is 5.20. The molecule has 1 fully saturated rings. The number of esters is 1. The van der Waals surface area contributed by atoms with Crippen LogP contribution in [0.1, 0.15) is 42.1 Å². The Kier molecular flexibility index (Phi) is 7.33. The maximum absolute atomic E-state index is 14.0. The van der Waals surface area contributed by atoms with Crippen molar-refractivity contribution in [2.45, 2.75) is 45.1 Å². The van der Waals surface area contributed by atoms with E-state index < -0.39 is 5.41 Å². The van der Waals surface area contributed by atoms with Crippen molar-refractivity contribution in [3.63, 3.8) is 0 Å². The third-order valence-corrected chi connectivity index (χ3v) is 7.44. The van der Waals surface area contributed by atoms with Crippen molar-refractivity contribution >= 4 is 11.9 Å². The summed E-state index contributed by atoms with van der Waals surface area (Å²) in [6.45, 7) is 4.20. The largest absolute Gasteiger partial charge is 0.465 e. The van der Waals surface area contributed by atoms with Gasteiger partial charge < -0.3 is 14.2 Å². The molecule has 200 valence electrons. The highest BCUT2D eigenvalue weighted by Crippen LogP contribution is 2.49. The molecule has 6 nitrogen and oxygen atoms in total. The van der Waals surface area contributed by atoms with Gasteiger partial charge >= 0.3 is 5.97 Å². The summed E-state index contributed by atoms with van der Waals surface area (Å²) >= 11 is 0. The quantitative estimate of drug-likeness (QED) is 0.241. The van der Waals surface area contributed by atoms with Crippen LogP contribution in [0.15, 0.2) is 77.3 Å². The van der Waals surface area contributed by atoms with Crippen LogP contribution in [-0.2, 0) is 32.7 Å². The number of hydrogen-bond acceptors (Lipinski definition) is 5. The van der Waals surface area contributed by atoms with E-state index in [0.717, 1.165) is 35.1 Å². The van der Waals surface area contributed by atoms with Gasteiger partial charge in [-0.25, -0.2) is 4.39 Å². The fourth-order valence-corrected chi connectivity index (χ4v) is 4.88. The molecular weight excluding hydrogens is 495 g/mol. The summed E-state index contributed by atoms with van der Waals surface area (Å²) in [6.07, 6.45) is 1.74. The van der Waals surface area contributed by atoms with Gasteiger partial charge in [-0.1, -0.05) is 71.9 Å². The van der Waals surface area contributed by atoms with Crippen molar-refractivity contribution < 1.29 is 23.2 Å². The molecule has 1 heterocycles. The minimum absolute atomic E-state index is 0.0983. The normalized spacial score (nSPS) is 13.6. The van der Waals surface area contributed by atoms with Gasteiger partial charge in [-0.15, -0.1) is 0 Å². The van der Waals surface area contributed by atoms with E-state index in [1.807, 2.05) is 62.4 Å². The molecule has 1 aliphatic carbocycles. The first-order chi connectivity index (χ1) is 18.8. The number of halogens is 1.